The predicted molar refractivity (Wildman–Crippen MR) is 98.9 cm³/mol. The van der Waals surface area contributed by atoms with Crippen LogP contribution in [0.15, 0.2) is 48.5 Å². The molecule has 3 atom stereocenters. The number of hydrogen-bond donors (Lipinski definition) is 0. The average Bonchev–Trinajstić information content (AvgIpc) is 2.63. The van der Waals surface area contributed by atoms with Crippen molar-refractivity contribution in [3.8, 4) is 5.75 Å². The molecule has 1 aliphatic heterocycles. The normalized spacial score (nSPS) is 27.0. The van der Waals surface area contributed by atoms with Gasteiger partial charge in [0.05, 0.1) is 18.5 Å². The summed E-state index contributed by atoms with van der Waals surface area (Å²) >= 11 is 7.78. The van der Waals surface area contributed by atoms with E-state index < -0.39 is 6.29 Å². The first kappa shape index (κ1) is 17.6. The Morgan fingerprint density at radius 1 is 1.08 bits per heavy atom. The Morgan fingerprint density at radius 2 is 1.71 bits per heavy atom. The Labute approximate surface area is 152 Å². The molecule has 2 aromatic rings. The van der Waals surface area contributed by atoms with E-state index in [0.717, 1.165) is 21.9 Å². The molecule has 5 heteroatoms. The quantitative estimate of drug-likeness (QED) is 0.739. The van der Waals surface area contributed by atoms with Crippen LogP contribution in [0.4, 0.5) is 0 Å². The fourth-order valence-corrected chi connectivity index (χ4v) is 3.51. The Kier molecular flexibility index (Phi) is 5.40. The molecule has 0 aromatic heterocycles. The number of thioether (sulfide) groups is 1. The van der Waals surface area contributed by atoms with Crippen molar-refractivity contribution in [3.63, 3.8) is 0 Å². The first-order valence-corrected chi connectivity index (χ1v) is 9.37. The minimum atomic E-state index is -0.392. The minimum Gasteiger partial charge on any atom is -0.497 e. The molecule has 1 fully saturated rings. The maximum absolute atomic E-state index is 6.35. The van der Waals surface area contributed by atoms with Gasteiger partial charge in [-0.15, -0.1) is 0 Å². The van der Waals surface area contributed by atoms with Gasteiger partial charge in [0.2, 0.25) is 0 Å². The van der Waals surface area contributed by atoms with Crippen molar-refractivity contribution in [1.82, 2.24) is 0 Å². The first-order valence-electron chi connectivity index (χ1n) is 7.77. The van der Waals surface area contributed by atoms with Crippen LogP contribution >= 0.6 is 23.4 Å². The van der Waals surface area contributed by atoms with Gasteiger partial charge in [0.1, 0.15) is 11.9 Å². The van der Waals surface area contributed by atoms with Gasteiger partial charge >= 0.3 is 0 Å². The summed E-state index contributed by atoms with van der Waals surface area (Å²) < 4.78 is 17.4. The largest absolute Gasteiger partial charge is 0.497 e. The van der Waals surface area contributed by atoms with Gasteiger partial charge < -0.3 is 14.2 Å². The van der Waals surface area contributed by atoms with Crippen molar-refractivity contribution in [2.75, 3.05) is 20.0 Å². The van der Waals surface area contributed by atoms with E-state index in [0.29, 0.717) is 6.61 Å². The molecule has 3 nitrogen and oxygen atoms in total. The minimum absolute atomic E-state index is 0.0781. The lowest BCUT2D eigenvalue weighted by Gasteiger charge is -2.43. The molecular formula is C19H21ClO3S. The van der Waals surface area contributed by atoms with E-state index in [2.05, 4.69) is 13.2 Å². The van der Waals surface area contributed by atoms with Crippen molar-refractivity contribution in [2.24, 2.45) is 0 Å². The average molecular weight is 365 g/mol. The molecular weight excluding hydrogens is 344 g/mol. The Morgan fingerprint density at radius 3 is 2.29 bits per heavy atom. The zero-order valence-electron chi connectivity index (χ0n) is 14.0. The lowest BCUT2D eigenvalue weighted by molar-refractivity contribution is -0.232. The summed E-state index contributed by atoms with van der Waals surface area (Å²) in [4.78, 5) is 0. The fourth-order valence-electron chi connectivity index (χ4n) is 2.79. The highest BCUT2D eigenvalue weighted by molar-refractivity contribution is 8.00. The molecule has 0 spiro atoms. The van der Waals surface area contributed by atoms with E-state index >= 15 is 0 Å². The third kappa shape index (κ3) is 3.57. The second kappa shape index (κ2) is 7.36. The molecule has 0 N–H and O–H groups in total. The number of rotatable bonds is 4. The summed E-state index contributed by atoms with van der Waals surface area (Å²) in [6, 6.07) is 15.6. The number of ether oxygens (including phenoxy) is 3. The zero-order chi connectivity index (χ0) is 17.2. The lowest BCUT2D eigenvalue weighted by atomic mass is 9.95. The summed E-state index contributed by atoms with van der Waals surface area (Å²) in [6.07, 6.45) is 1.62. The van der Waals surface area contributed by atoms with Gasteiger partial charge in [-0.05, 0) is 43.0 Å². The van der Waals surface area contributed by atoms with Crippen LogP contribution in [0.3, 0.4) is 0 Å². The van der Waals surface area contributed by atoms with E-state index in [4.69, 9.17) is 25.8 Å². The van der Waals surface area contributed by atoms with Crippen molar-refractivity contribution >= 4 is 23.4 Å². The third-order valence-electron chi connectivity index (χ3n) is 4.36. The second-order valence-electron chi connectivity index (χ2n) is 6.00. The first-order chi connectivity index (χ1) is 11.6. The second-order valence-corrected chi connectivity index (χ2v) is 7.78. The maximum atomic E-state index is 6.35. The van der Waals surface area contributed by atoms with Gasteiger partial charge in [0.25, 0.3) is 0 Å². The highest BCUT2D eigenvalue weighted by Crippen LogP contribution is 2.46. The number of hydrogen-bond acceptors (Lipinski definition) is 4. The Hall–Kier alpha value is -1.20. The molecule has 1 aliphatic rings. The molecule has 0 aliphatic carbocycles. The van der Waals surface area contributed by atoms with Gasteiger partial charge in [0.15, 0.2) is 6.29 Å². The summed E-state index contributed by atoms with van der Waals surface area (Å²) in [5, 5.41) is 0.725. The van der Waals surface area contributed by atoms with Crippen LogP contribution in [0.5, 0.6) is 5.75 Å². The fraction of sp³-hybridized carbons (Fsp3) is 0.368. The van der Waals surface area contributed by atoms with Crippen molar-refractivity contribution in [3.05, 3.63) is 64.7 Å². The van der Waals surface area contributed by atoms with Gasteiger partial charge in [0, 0.05) is 10.6 Å². The SMILES string of the molecule is COc1ccc([C@H]2OC[C@@](C)(SC)[C@@H](c3ccc(Cl)cc3)O2)cc1. The van der Waals surface area contributed by atoms with Crippen LogP contribution in [-0.4, -0.2) is 24.7 Å². The number of benzene rings is 2. The van der Waals surface area contributed by atoms with Gasteiger partial charge in [-0.25, -0.2) is 0 Å². The topological polar surface area (TPSA) is 27.7 Å². The van der Waals surface area contributed by atoms with Crippen LogP contribution in [0, 0.1) is 0 Å². The highest BCUT2D eigenvalue weighted by Gasteiger charge is 2.42. The van der Waals surface area contributed by atoms with E-state index in [9.17, 15) is 0 Å². The van der Waals surface area contributed by atoms with Crippen LogP contribution in [0.25, 0.3) is 0 Å². The summed E-state index contributed by atoms with van der Waals surface area (Å²) in [7, 11) is 1.66. The molecule has 24 heavy (non-hydrogen) atoms. The summed E-state index contributed by atoms with van der Waals surface area (Å²) in [6.45, 7) is 2.78. The molecule has 1 saturated heterocycles. The Bertz CT molecular complexity index is 674. The van der Waals surface area contributed by atoms with Crippen molar-refractivity contribution in [1.29, 1.82) is 0 Å². The number of methoxy groups -OCH3 is 1. The molecule has 0 saturated carbocycles. The molecule has 0 unspecified atom stereocenters. The van der Waals surface area contributed by atoms with E-state index in [1.54, 1.807) is 18.9 Å². The monoisotopic (exact) mass is 364 g/mol. The summed E-state index contributed by atoms with van der Waals surface area (Å²) in [5.41, 5.74) is 2.09. The van der Waals surface area contributed by atoms with Crippen LogP contribution in [0.1, 0.15) is 30.4 Å². The molecule has 128 valence electrons. The van der Waals surface area contributed by atoms with Crippen LogP contribution in [-0.2, 0) is 9.47 Å². The smallest absolute Gasteiger partial charge is 0.184 e. The molecule has 2 aromatic carbocycles. The standard InChI is InChI=1S/C19H21ClO3S/c1-19(24-3)12-22-18(14-6-10-16(21-2)11-7-14)23-17(19)13-4-8-15(20)9-5-13/h4-11,17-18H,12H2,1-3H3/t17-,18+,19-/m1/s1. The van der Waals surface area contributed by atoms with E-state index in [-0.39, 0.29) is 10.9 Å². The van der Waals surface area contributed by atoms with Crippen LogP contribution in [0.2, 0.25) is 5.02 Å². The van der Waals surface area contributed by atoms with Gasteiger partial charge in [-0.3, -0.25) is 0 Å². The third-order valence-corrected chi connectivity index (χ3v) is 5.88. The Balaban J connectivity index is 1.87. The molecule has 0 radical (unpaired) electrons. The molecule has 1 heterocycles. The van der Waals surface area contributed by atoms with Crippen molar-refractivity contribution in [2.45, 2.75) is 24.1 Å². The number of halogens is 1. The summed E-state index contributed by atoms with van der Waals surface area (Å²) in [5.74, 6) is 0.817. The lowest BCUT2D eigenvalue weighted by Crippen LogP contribution is -2.42. The van der Waals surface area contributed by atoms with E-state index in [1.165, 1.54) is 0 Å². The molecule has 3 rings (SSSR count). The van der Waals surface area contributed by atoms with Gasteiger partial charge in [-0.1, -0.05) is 35.9 Å². The van der Waals surface area contributed by atoms with Crippen molar-refractivity contribution < 1.29 is 14.2 Å². The predicted octanol–water partition coefficient (Wildman–Crippen LogP) is 5.26. The maximum Gasteiger partial charge on any atom is 0.184 e. The van der Waals surface area contributed by atoms with Gasteiger partial charge in [-0.2, -0.15) is 11.8 Å². The van der Waals surface area contributed by atoms with Crippen LogP contribution < -0.4 is 4.74 Å². The van der Waals surface area contributed by atoms with E-state index in [1.807, 2.05) is 48.5 Å². The highest BCUT2D eigenvalue weighted by atomic mass is 35.5. The zero-order valence-corrected chi connectivity index (χ0v) is 15.6. The molecule has 0 bridgehead atoms. The molecule has 0 amide bonds.